The van der Waals surface area contributed by atoms with Crippen molar-refractivity contribution in [3.63, 3.8) is 0 Å². The number of hydrogen-bond donors (Lipinski definition) is 2. The van der Waals surface area contributed by atoms with Crippen LogP contribution in [0, 0.1) is 0 Å². The first kappa shape index (κ1) is 19.3. The molecule has 0 saturated heterocycles. The average molecular weight is 385 g/mol. The summed E-state index contributed by atoms with van der Waals surface area (Å²) in [6.07, 6.45) is 1.65. The van der Waals surface area contributed by atoms with Crippen LogP contribution in [0.25, 0.3) is 10.9 Å². The lowest BCUT2D eigenvalue weighted by molar-refractivity contribution is 0.0946. The molecule has 0 saturated carbocycles. The van der Waals surface area contributed by atoms with Gasteiger partial charge in [-0.3, -0.25) is 4.79 Å². The van der Waals surface area contributed by atoms with Crippen molar-refractivity contribution in [1.82, 2.24) is 15.3 Å². The molecule has 3 aromatic rings. The summed E-state index contributed by atoms with van der Waals surface area (Å²) in [5, 5.41) is 3.60. The Morgan fingerprint density at radius 3 is 2.61 bits per heavy atom. The first-order chi connectivity index (χ1) is 13.6. The van der Waals surface area contributed by atoms with Crippen molar-refractivity contribution in [2.24, 2.45) is 0 Å². The van der Waals surface area contributed by atoms with Gasteiger partial charge in [0, 0.05) is 29.8 Å². The summed E-state index contributed by atoms with van der Waals surface area (Å²) < 4.78 is 21.7. The molecule has 8 nitrogen and oxygen atoms in total. The monoisotopic (exact) mass is 385 g/mol. The third-order valence-corrected chi connectivity index (χ3v) is 4.26. The topological polar surface area (TPSA) is 94.7 Å². The molecule has 0 aliphatic carbocycles. The summed E-state index contributed by atoms with van der Waals surface area (Å²) in [5.74, 6) is 1.83. The molecule has 1 amide bonds. The van der Waals surface area contributed by atoms with Crippen LogP contribution in [0.15, 0.2) is 30.5 Å². The lowest BCUT2D eigenvalue weighted by Crippen LogP contribution is -2.23. The number of nitrogens with one attached hydrogen (secondary N) is 2. The highest BCUT2D eigenvalue weighted by molar-refractivity contribution is 6.02. The van der Waals surface area contributed by atoms with E-state index in [1.807, 2.05) is 13.0 Å². The Labute approximate surface area is 162 Å². The lowest BCUT2D eigenvalue weighted by Gasteiger charge is -2.11. The molecule has 0 aliphatic heterocycles. The Balaban J connectivity index is 1.88. The minimum Gasteiger partial charge on any atom is -0.496 e. The van der Waals surface area contributed by atoms with E-state index in [1.165, 1.54) is 0 Å². The van der Waals surface area contributed by atoms with Gasteiger partial charge in [-0.25, -0.2) is 4.98 Å². The largest absolute Gasteiger partial charge is 0.496 e. The van der Waals surface area contributed by atoms with Crippen LogP contribution < -0.4 is 24.3 Å². The van der Waals surface area contributed by atoms with Crippen molar-refractivity contribution in [1.29, 1.82) is 0 Å². The van der Waals surface area contributed by atoms with Crippen molar-refractivity contribution in [3.8, 4) is 23.1 Å². The van der Waals surface area contributed by atoms with Crippen LogP contribution in [0.2, 0.25) is 0 Å². The predicted octanol–water partition coefficient (Wildman–Crippen LogP) is 2.92. The minimum atomic E-state index is -0.273. The molecule has 1 aromatic carbocycles. The maximum absolute atomic E-state index is 12.7. The Morgan fingerprint density at radius 2 is 1.93 bits per heavy atom. The quantitative estimate of drug-likeness (QED) is 0.619. The van der Waals surface area contributed by atoms with E-state index in [-0.39, 0.29) is 12.5 Å². The number of carbonyl (C=O) groups excluding carboxylic acids is 1. The molecule has 0 radical (unpaired) electrons. The number of aromatic nitrogens is 2. The predicted molar refractivity (Wildman–Crippen MR) is 105 cm³/mol. The summed E-state index contributed by atoms with van der Waals surface area (Å²) in [7, 11) is 4.65. The molecular weight excluding hydrogens is 362 g/mol. The minimum absolute atomic E-state index is 0.273. The highest BCUT2D eigenvalue weighted by Gasteiger charge is 2.19. The second kappa shape index (κ2) is 8.51. The summed E-state index contributed by atoms with van der Waals surface area (Å²) in [5.41, 5.74) is 1.80. The number of hydrogen-bond acceptors (Lipinski definition) is 6. The fourth-order valence-corrected chi connectivity index (χ4v) is 2.96. The number of H-pyrrole nitrogens is 1. The zero-order valence-electron chi connectivity index (χ0n) is 16.3. The highest BCUT2D eigenvalue weighted by Crippen LogP contribution is 2.41. The van der Waals surface area contributed by atoms with Gasteiger partial charge in [-0.2, -0.15) is 0 Å². The van der Waals surface area contributed by atoms with Crippen molar-refractivity contribution < 1.29 is 23.7 Å². The standard InChI is InChI=1S/C20H23N3O5/c1-5-28-20-12(7-6-8-21-20)11-22-19(24)14-9-13-15(25-2)10-16(26-3)18(27-4)17(13)23-14/h6-10,23H,5,11H2,1-4H3,(H,22,24). The molecule has 0 bridgehead atoms. The maximum Gasteiger partial charge on any atom is 0.268 e. The molecule has 2 N–H and O–H groups in total. The van der Waals surface area contributed by atoms with Gasteiger partial charge in [-0.15, -0.1) is 0 Å². The molecular formula is C20H23N3O5. The maximum atomic E-state index is 12.7. The number of methoxy groups -OCH3 is 3. The average Bonchev–Trinajstić information content (AvgIpc) is 3.17. The molecule has 2 heterocycles. The van der Waals surface area contributed by atoms with E-state index in [1.54, 1.807) is 45.7 Å². The summed E-state index contributed by atoms with van der Waals surface area (Å²) >= 11 is 0. The van der Waals surface area contributed by atoms with Crippen LogP contribution in [0.4, 0.5) is 0 Å². The van der Waals surface area contributed by atoms with Crippen molar-refractivity contribution in [2.45, 2.75) is 13.5 Å². The number of fused-ring (bicyclic) bond motifs is 1. The van der Waals surface area contributed by atoms with E-state index >= 15 is 0 Å². The first-order valence-corrected chi connectivity index (χ1v) is 8.79. The molecule has 0 unspecified atom stereocenters. The zero-order valence-corrected chi connectivity index (χ0v) is 16.3. The third-order valence-electron chi connectivity index (χ3n) is 4.26. The van der Waals surface area contributed by atoms with Crippen LogP contribution in [-0.2, 0) is 6.54 Å². The number of nitrogens with zero attached hydrogens (tertiary/aromatic N) is 1. The van der Waals surface area contributed by atoms with E-state index in [4.69, 9.17) is 18.9 Å². The molecule has 28 heavy (non-hydrogen) atoms. The van der Waals surface area contributed by atoms with Crippen LogP contribution in [0.1, 0.15) is 23.0 Å². The molecule has 0 aliphatic rings. The summed E-state index contributed by atoms with van der Waals surface area (Å²) in [6, 6.07) is 7.11. The Morgan fingerprint density at radius 1 is 1.14 bits per heavy atom. The van der Waals surface area contributed by atoms with Crippen molar-refractivity contribution in [3.05, 3.63) is 41.7 Å². The van der Waals surface area contributed by atoms with Crippen LogP contribution in [0.3, 0.4) is 0 Å². The number of aromatic amines is 1. The number of pyridine rings is 1. The first-order valence-electron chi connectivity index (χ1n) is 8.79. The van der Waals surface area contributed by atoms with Crippen molar-refractivity contribution >= 4 is 16.8 Å². The fraction of sp³-hybridized carbons (Fsp3) is 0.300. The van der Waals surface area contributed by atoms with Gasteiger partial charge >= 0.3 is 0 Å². The van der Waals surface area contributed by atoms with Gasteiger partial charge in [-0.05, 0) is 19.1 Å². The SMILES string of the molecule is CCOc1ncccc1CNC(=O)c1cc2c(OC)cc(OC)c(OC)c2[nH]1. The number of amides is 1. The molecule has 8 heteroatoms. The smallest absolute Gasteiger partial charge is 0.268 e. The molecule has 0 fully saturated rings. The highest BCUT2D eigenvalue weighted by atomic mass is 16.5. The molecule has 3 rings (SSSR count). The van der Waals surface area contributed by atoms with Crippen LogP contribution in [0.5, 0.6) is 23.1 Å². The summed E-state index contributed by atoms with van der Waals surface area (Å²) in [6.45, 7) is 2.67. The van der Waals surface area contributed by atoms with E-state index in [0.717, 1.165) is 10.9 Å². The fourth-order valence-electron chi connectivity index (χ4n) is 2.96. The molecule has 0 atom stereocenters. The van der Waals surface area contributed by atoms with E-state index < -0.39 is 0 Å². The number of benzene rings is 1. The van der Waals surface area contributed by atoms with Gasteiger partial charge in [0.15, 0.2) is 11.5 Å². The van der Waals surface area contributed by atoms with E-state index in [9.17, 15) is 4.79 Å². The zero-order chi connectivity index (χ0) is 20.1. The van der Waals surface area contributed by atoms with Crippen molar-refractivity contribution in [2.75, 3.05) is 27.9 Å². The molecule has 2 aromatic heterocycles. The second-order valence-electron chi connectivity index (χ2n) is 5.87. The number of ether oxygens (including phenoxy) is 4. The normalized spacial score (nSPS) is 10.6. The van der Waals surface area contributed by atoms with Crippen LogP contribution >= 0.6 is 0 Å². The Bertz CT molecular complexity index is 983. The second-order valence-corrected chi connectivity index (χ2v) is 5.87. The molecule has 0 spiro atoms. The molecule has 148 valence electrons. The van der Waals surface area contributed by atoms with Gasteiger partial charge in [0.25, 0.3) is 5.91 Å². The summed E-state index contributed by atoms with van der Waals surface area (Å²) in [4.78, 5) is 20.0. The van der Waals surface area contributed by atoms with E-state index in [0.29, 0.717) is 40.9 Å². The van der Waals surface area contributed by atoms with Gasteiger partial charge in [0.2, 0.25) is 5.88 Å². The third kappa shape index (κ3) is 3.66. The van der Waals surface area contributed by atoms with Gasteiger partial charge in [0.1, 0.15) is 11.4 Å². The van der Waals surface area contributed by atoms with Crippen LogP contribution in [-0.4, -0.2) is 43.8 Å². The van der Waals surface area contributed by atoms with Gasteiger partial charge in [0.05, 0.1) is 33.5 Å². The Kier molecular flexibility index (Phi) is 5.88. The lowest BCUT2D eigenvalue weighted by atomic mass is 10.2. The number of carbonyl (C=O) groups is 1. The Hall–Kier alpha value is -3.42. The van der Waals surface area contributed by atoms with Gasteiger partial charge < -0.3 is 29.2 Å². The van der Waals surface area contributed by atoms with E-state index in [2.05, 4.69) is 15.3 Å². The number of rotatable bonds is 8. The van der Waals surface area contributed by atoms with Gasteiger partial charge in [-0.1, -0.05) is 6.07 Å².